The number of anilines is 1. The van der Waals surface area contributed by atoms with Gasteiger partial charge in [-0.1, -0.05) is 12.1 Å². The Kier molecular flexibility index (Phi) is 4.80. The van der Waals surface area contributed by atoms with E-state index in [0.717, 1.165) is 17.7 Å². The second-order valence-corrected chi connectivity index (χ2v) is 6.12. The summed E-state index contributed by atoms with van der Waals surface area (Å²) in [5.41, 5.74) is 0.537. The first-order valence-corrected chi connectivity index (χ1v) is 8.03. The number of ether oxygens (including phenoxy) is 2. The van der Waals surface area contributed by atoms with Crippen molar-refractivity contribution in [3.05, 3.63) is 53.6 Å². The standard InChI is InChI=1S/C19H18F3NO3/c1-25-13-7-8-17(26-2)16(9-13)23-18(24)15-10-14(15)11-3-5-12(6-4-11)19(20,21)22/h3-9,14-15H,10H2,1-2H3,(H,23,24). The number of rotatable bonds is 5. The van der Waals surface area contributed by atoms with Gasteiger partial charge in [0.1, 0.15) is 11.5 Å². The second kappa shape index (κ2) is 6.90. The molecule has 26 heavy (non-hydrogen) atoms. The summed E-state index contributed by atoms with van der Waals surface area (Å²) in [5.74, 6) is 0.542. The van der Waals surface area contributed by atoms with Crippen LogP contribution >= 0.6 is 0 Å². The minimum absolute atomic E-state index is 0.0751. The first-order chi connectivity index (χ1) is 12.3. The van der Waals surface area contributed by atoms with Gasteiger partial charge in [-0.3, -0.25) is 4.79 Å². The lowest BCUT2D eigenvalue weighted by Gasteiger charge is -2.12. The first kappa shape index (κ1) is 18.1. The average molecular weight is 365 g/mol. The predicted octanol–water partition coefficient (Wildman–Crippen LogP) is 4.46. The van der Waals surface area contributed by atoms with Gasteiger partial charge in [-0.2, -0.15) is 13.2 Å². The van der Waals surface area contributed by atoms with Crippen LogP contribution in [0.5, 0.6) is 11.5 Å². The third-order valence-corrected chi connectivity index (χ3v) is 4.46. The van der Waals surface area contributed by atoms with Crippen molar-refractivity contribution in [3.63, 3.8) is 0 Å². The highest BCUT2D eigenvalue weighted by atomic mass is 19.4. The van der Waals surface area contributed by atoms with E-state index in [4.69, 9.17) is 9.47 Å². The van der Waals surface area contributed by atoms with Crippen LogP contribution in [0.1, 0.15) is 23.5 Å². The van der Waals surface area contributed by atoms with Crippen molar-refractivity contribution >= 4 is 11.6 Å². The van der Waals surface area contributed by atoms with Gasteiger partial charge in [-0.25, -0.2) is 0 Å². The number of carbonyl (C=O) groups is 1. The summed E-state index contributed by atoms with van der Waals surface area (Å²) in [6, 6.07) is 10.0. The topological polar surface area (TPSA) is 47.6 Å². The molecule has 2 aromatic rings. The van der Waals surface area contributed by atoms with Crippen LogP contribution in [0.4, 0.5) is 18.9 Å². The molecule has 0 aromatic heterocycles. The van der Waals surface area contributed by atoms with Crippen LogP contribution < -0.4 is 14.8 Å². The second-order valence-electron chi connectivity index (χ2n) is 6.12. The fourth-order valence-corrected chi connectivity index (χ4v) is 2.91. The summed E-state index contributed by atoms with van der Waals surface area (Å²) in [6.07, 6.45) is -3.76. The zero-order chi connectivity index (χ0) is 18.9. The van der Waals surface area contributed by atoms with Gasteiger partial charge in [0.2, 0.25) is 5.91 Å². The number of hydrogen-bond donors (Lipinski definition) is 1. The minimum atomic E-state index is -4.36. The van der Waals surface area contributed by atoms with Crippen molar-refractivity contribution in [1.29, 1.82) is 0 Å². The Balaban J connectivity index is 1.68. The largest absolute Gasteiger partial charge is 0.497 e. The number of methoxy groups -OCH3 is 2. The maximum atomic E-state index is 12.6. The van der Waals surface area contributed by atoms with Crippen molar-refractivity contribution in [2.24, 2.45) is 5.92 Å². The Morgan fingerprint density at radius 1 is 1.08 bits per heavy atom. The summed E-state index contributed by atoms with van der Waals surface area (Å²) in [4.78, 5) is 12.5. The van der Waals surface area contributed by atoms with E-state index in [1.165, 1.54) is 26.4 Å². The Labute approximate surface area is 148 Å². The average Bonchev–Trinajstić information content (AvgIpc) is 3.42. The molecule has 7 heteroatoms. The van der Waals surface area contributed by atoms with Crippen molar-refractivity contribution in [2.45, 2.75) is 18.5 Å². The van der Waals surface area contributed by atoms with Crippen molar-refractivity contribution in [2.75, 3.05) is 19.5 Å². The number of nitrogens with one attached hydrogen (secondary N) is 1. The van der Waals surface area contributed by atoms with Gasteiger partial charge in [0.05, 0.1) is 25.5 Å². The maximum Gasteiger partial charge on any atom is 0.416 e. The number of amides is 1. The summed E-state index contributed by atoms with van der Waals surface area (Å²) in [7, 11) is 3.02. The van der Waals surface area contributed by atoms with E-state index in [2.05, 4.69) is 5.32 Å². The zero-order valence-electron chi connectivity index (χ0n) is 14.3. The predicted molar refractivity (Wildman–Crippen MR) is 90.5 cm³/mol. The lowest BCUT2D eigenvalue weighted by molar-refractivity contribution is -0.137. The molecule has 0 saturated heterocycles. The molecule has 1 amide bonds. The molecular weight excluding hydrogens is 347 g/mol. The van der Waals surface area contributed by atoms with Gasteiger partial charge in [-0.05, 0) is 42.2 Å². The molecular formula is C19H18F3NO3. The quantitative estimate of drug-likeness (QED) is 0.851. The Hall–Kier alpha value is -2.70. The third-order valence-electron chi connectivity index (χ3n) is 4.46. The molecule has 0 spiro atoms. The number of halogens is 3. The van der Waals surface area contributed by atoms with E-state index in [1.807, 2.05) is 0 Å². The fourth-order valence-electron chi connectivity index (χ4n) is 2.91. The maximum absolute atomic E-state index is 12.6. The van der Waals surface area contributed by atoms with E-state index >= 15 is 0 Å². The zero-order valence-corrected chi connectivity index (χ0v) is 14.3. The molecule has 0 bridgehead atoms. The molecule has 1 saturated carbocycles. The van der Waals surface area contributed by atoms with Gasteiger partial charge < -0.3 is 14.8 Å². The molecule has 1 aliphatic carbocycles. The van der Waals surface area contributed by atoms with Crippen molar-refractivity contribution < 1.29 is 27.4 Å². The first-order valence-electron chi connectivity index (χ1n) is 8.03. The van der Waals surface area contributed by atoms with Crippen LogP contribution in [0.2, 0.25) is 0 Å². The molecule has 138 valence electrons. The van der Waals surface area contributed by atoms with Crippen LogP contribution in [-0.2, 0) is 11.0 Å². The summed E-state index contributed by atoms with van der Waals surface area (Å²) < 4.78 is 48.3. The van der Waals surface area contributed by atoms with Gasteiger partial charge in [0, 0.05) is 12.0 Å². The van der Waals surface area contributed by atoms with Gasteiger partial charge in [-0.15, -0.1) is 0 Å². The molecule has 3 rings (SSSR count). The monoisotopic (exact) mass is 365 g/mol. The normalized spacial score (nSPS) is 19.0. The Morgan fingerprint density at radius 3 is 2.35 bits per heavy atom. The number of alkyl halides is 3. The van der Waals surface area contributed by atoms with Crippen molar-refractivity contribution in [3.8, 4) is 11.5 Å². The number of benzene rings is 2. The summed E-state index contributed by atoms with van der Waals surface area (Å²) in [6.45, 7) is 0. The molecule has 1 aliphatic rings. The number of hydrogen-bond acceptors (Lipinski definition) is 3. The Morgan fingerprint density at radius 2 is 1.77 bits per heavy atom. The van der Waals surface area contributed by atoms with Crippen LogP contribution in [0.3, 0.4) is 0 Å². The molecule has 2 aromatic carbocycles. The molecule has 4 nitrogen and oxygen atoms in total. The van der Waals surface area contributed by atoms with Crippen molar-refractivity contribution in [1.82, 2.24) is 0 Å². The van der Waals surface area contributed by atoms with Gasteiger partial charge in [0.25, 0.3) is 0 Å². The van der Waals surface area contributed by atoms with Crippen LogP contribution in [0, 0.1) is 5.92 Å². The SMILES string of the molecule is COc1ccc(OC)c(NC(=O)C2CC2c2ccc(C(F)(F)F)cc2)c1. The van der Waals surface area contributed by atoms with Crippen LogP contribution in [0.25, 0.3) is 0 Å². The number of carbonyl (C=O) groups excluding carboxylic acids is 1. The molecule has 0 radical (unpaired) electrons. The van der Waals surface area contributed by atoms with E-state index in [1.54, 1.807) is 18.2 Å². The summed E-state index contributed by atoms with van der Waals surface area (Å²) in [5, 5.41) is 2.81. The van der Waals surface area contributed by atoms with E-state index in [-0.39, 0.29) is 17.7 Å². The van der Waals surface area contributed by atoms with Gasteiger partial charge >= 0.3 is 6.18 Å². The lowest BCUT2D eigenvalue weighted by Crippen LogP contribution is -2.15. The molecule has 1 N–H and O–H groups in total. The lowest BCUT2D eigenvalue weighted by atomic mass is 10.1. The third kappa shape index (κ3) is 3.76. The van der Waals surface area contributed by atoms with E-state index in [0.29, 0.717) is 23.6 Å². The van der Waals surface area contributed by atoms with Crippen LogP contribution in [0.15, 0.2) is 42.5 Å². The molecule has 0 aliphatic heterocycles. The molecule has 0 heterocycles. The van der Waals surface area contributed by atoms with Crippen LogP contribution in [-0.4, -0.2) is 20.1 Å². The molecule has 2 atom stereocenters. The highest BCUT2D eigenvalue weighted by Gasteiger charge is 2.44. The highest BCUT2D eigenvalue weighted by Crippen LogP contribution is 2.48. The minimum Gasteiger partial charge on any atom is -0.497 e. The Bertz CT molecular complexity index is 803. The van der Waals surface area contributed by atoms with E-state index < -0.39 is 11.7 Å². The smallest absolute Gasteiger partial charge is 0.416 e. The molecule has 1 fully saturated rings. The van der Waals surface area contributed by atoms with E-state index in [9.17, 15) is 18.0 Å². The van der Waals surface area contributed by atoms with Gasteiger partial charge in [0.15, 0.2) is 0 Å². The fraction of sp³-hybridized carbons (Fsp3) is 0.316. The molecule has 2 unspecified atom stereocenters. The highest BCUT2D eigenvalue weighted by molar-refractivity contribution is 5.96. The summed E-state index contributed by atoms with van der Waals surface area (Å²) >= 11 is 0.